The number of aliphatic hydroxyl groups is 1. The summed E-state index contributed by atoms with van der Waals surface area (Å²) in [5, 5.41) is 10.6. The molecule has 2 nitrogen and oxygen atoms in total. The van der Waals surface area contributed by atoms with E-state index in [9.17, 15) is 9.50 Å². The largest absolute Gasteiger partial charge is 0.385 e. The third-order valence-corrected chi connectivity index (χ3v) is 4.22. The summed E-state index contributed by atoms with van der Waals surface area (Å²) in [7, 11) is 0. The smallest absolute Gasteiger partial charge is 0.123 e. The van der Waals surface area contributed by atoms with Crippen LogP contribution in [0.3, 0.4) is 0 Å². The Hall–Kier alpha value is -0.930. The van der Waals surface area contributed by atoms with Gasteiger partial charge in [-0.05, 0) is 56.2 Å². The molecule has 0 aliphatic heterocycles. The van der Waals surface area contributed by atoms with E-state index in [1.54, 1.807) is 12.1 Å². The molecule has 0 aromatic heterocycles. The lowest BCUT2D eigenvalue weighted by atomic mass is 9.74. The Kier molecular flexibility index (Phi) is 4.58. The van der Waals surface area contributed by atoms with E-state index in [4.69, 9.17) is 4.74 Å². The SMILES string of the molecule is CCOC1(C(O)c2cccc(F)c2)CCC(C)CC1. The second-order valence-corrected chi connectivity index (χ2v) is 5.64. The lowest BCUT2D eigenvalue weighted by Crippen LogP contribution is -2.42. The summed E-state index contributed by atoms with van der Waals surface area (Å²) in [6, 6.07) is 6.21. The van der Waals surface area contributed by atoms with Gasteiger partial charge in [-0.1, -0.05) is 19.1 Å². The van der Waals surface area contributed by atoms with Gasteiger partial charge in [0.2, 0.25) is 0 Å². The minimum atomic E-state index is -0.754. The first-order chi connectivity index (χ1) is 9.07. The van der Waals surface area contributed by atoms with Crippen molar-refractivity contribution in [1.29, 1.82) is 0 Å². The Morgan fingerprint density at radius 3 is 2.68 bits per heavy atom. The molecule has 0 radical (unpaired) electrons. The van der Waals surface area contributed by atoms with Crippen LogP contribution in [0.5, 0.6) is 0 Å². The van der Waals surface area contributed by atoms with Gasteiger partial charge >= 0.3 is 0 Å². The molecular formula is C16H23FO2. The highest BCUT2D eigenvalue weighted by atomic mass is 19.1. The normalized spacial score (nSPS) is 29.2. The van der Waals surface area contributed by atoms with Gasteiger partial charge in [-0.15, -0.1) is 0 Å². The second kappa shape index (κ2) is 6.02. The predicted octanol–water partition coefficient (Wildman–Crippen LogP) is 3.84. The number of benzene rings is 1. The number of halogens is 1. The lowest BCUT2D eigenvalue weighted by Gasteiger charge is -2.42. The Morgan fingerprint density at radius 2 is 2.11 bits per heavy atom. The molecule has 1 unspecified atom stereocenters. The van der Waals surface area contributed by atoms with Crippen LogP contribution in [0.1, 0.15) is 51.2 Å². The Morgan fingerprint density at radius 1 is 1.42 bits per heavy atom. The summed E-state index contributed by atoms with van der Waals surface area (Å²) in [4.78, 5) is 0. The predicted molar refractivity (Wildman–Crippen MR) is 73.3 cm³/mol. The van der Waals surface area contributed by atoms with Crippen LogP contribution >= 0.6 is 0 Å². The fourth-order valence-corrected chi connectivity index (χ4v) is 3.02. The van der Waals surface area contributed by atoms with Crippen LogP contribution in [0.2, 0.25) is 0 Å². The molecule has 0 bridgehead atoms. The number of ether oxygens (including phenoxy) is 1. The van der Waals surface area contributed by atoms with Gasteiger partial charge in [-0.25, -0.2) is 4.39 Å². The van der Waals surface area contributed by atoms with Crippen molar-refractivity contribution in [2.24, 2.45) is 5.92 Å². The van der Waals surface area contributed by atoms with Gasteiger partial charge in [0.1, 0.15) is 11.9 Å². The highest BCUT2D eigenvalue weighted by molar-refractivity contribution is 5.22. The summed E-state index contributed by atoms with van der Waals surface area (Å²) in [5.74, 6) is 0.362. The van der Waals surface area contributed by atoms with Crippen LogP contribution in [-0.2, 0) is 4.74 Å². The van der Waals surface area contributed by atoms with Crippen LogP contribution in [0.15, 0.2) is 24.3 Å². The number of aliphatic hydroxyl groups excluding tert-OH is 1. The molecule has 106 valence electrons. The zero-order valence-electron chi connectivity index (χ0n) is 11.7. The van der Waals surface area contributed by atoms with E-state index in [0.29, 0.717) is 18.1 Å². The minimum absolute atomic E-state index is 0.313. The summed E-state index contributed by atoms with van der Waals surface area (Å²) in [6.07, 6.45) is 3.01. The third kappa shape index (κ3) is 3.15. The quantitative estimate of drug-likeness (QED) is 0.897. The fraction of sp³-hybridized carbons (Fsp3) is 0.625. The minimum Gasteiger partial charge on any atom is -0.385 e. The van der Waals surface area contributed by atoms with Crippen molar-refractivity contribution in [2.45, 2.75) is 51.2 Å². The third-order valence-electron chi connectivity index (χ3n) is 4.22. The Labute approximate surface area is 114 Å². The van der Waals surface area contributed by atoms with Gasteiger partial charge in [0.25, 0.3) is 0 Å². The molecule has 1 aromatic rings. The molecule has 1 saturated carbocycles. The van der Waals surface area contributed by atoms with Gasteiger partial charge < -0.3 is 9.84 Å². The van der Waals surface area contributed by atoms with E-state index < -0.39 is 11.7 Å². The number of hydrogen-bond acceptors (Lipinski definition) is 2. The average molecular weight is 266 g/mol. The topological polar surface area (TPSA) is 29.5 Å². The van der Waals surface area contributed by atoms with E-state index in [-0.39, 0.29) is 5.82 Å². The molecule has 3 heteroatoms. The van der Waals surface area contributed by atoms with E-state index in [1.807, 2.05) is 6.92 Å². The van der Waals surface area contributed by atoms with Crippen molar-refractivity contribution in [1.82, 2.24) is 0 Å². The number of rotatable bonds is 4. The van der Waals surface area contributed by atoms with Gasteiger partial charge in [0.05, 0.1) is 5.60 Å². The summed E-state index contributed by atoms with van der Waals surface area (Å²) < 4.78 is 19.2. The standard InChI is InChI=1S/C16H23FO2/c1-3-19-16(9-7-12(2)8-10-16)15(18)13-5-4-6-14(17)11-13/h4-6,11-12,15,18H,3,7-10H2,1-2H3. The molecule has 2 rings (SSSR count). The van der Waals surface area contributed by atoms with Crippen LogP contribution in [0, 0.1) is 11.7 Å². The molecule has 0 saturated heterocycles. The van der Waals surface area contributed by atoms with Gasteiger partial charge in [0.15, 0.2) is 0 Å². The Balaban J connectivity index is 2.23. The Bertz CT molecular complexity index is 411. The number of hydrogen-bond donors (Lipinski definition) is 1. The first-order valence-corrected chi connectivity index (χ1v) is 7.15. The maximum atomic E-state index is 13.3. The highest BCUT2D eigenvalue weighted by Gasteiger charge is 2.42. The molecule has 0 spiro atoms. The van der Waals surface area contributed by atoms with Crippen molar-refractivity contribution in [3.05, 3.63) is 35.6 Å². The van der Waals surface area contributed by atoms with Gasteiger partial charge in [-0.2, -0.15) is 0 Å². The van der Waals surface area contributed by atoms with E-state index >= 15 is 0 Å². The van der Waals surface area contributed by atoms with Crippen molar-refractivity contribution < 1.29 is 14.2 Å². The van der Waals surface area contributed by atoms with Crippen LogP contribution < -0.4 is 0 Å². The van der Waals surface area contributed by atoms with E-state index in [0.717, 1.165) is 25.7 Å². The molecule has 1 fully saturated rings. The van der Waals surface area contributed by atoms with Crippen LogP contribution in [-0.4, -0.2) is 17.3 Å². The maximum absolute atomic E-state index is 13.3. The molecule has 1 aliphatic carbocycles. The van der Waals surface area contributed by atoms with Crippen molar-refractivity contribution >= 4 is 0 Å². The molecule has 0 heterocycles. The van der Waals surface area contributed by atoms with Crippen LogP contribution in [0.4, 0.5) is 4.39 Å². The summed E-state index contributed by atoms with van der Waals surface area (Å²) in [5.41, 5.74) is 0.0673. The maximum Gasteiger partial charge on any atom is 0.123 e. The van der Waals surface area contributed by atoms with Crippen molar-refractivity contribution in [3.8, 4) is 0 Å². The molecule has 1 aromatic carbocycles. The molecule has 19 heavy (non-hydrogen) atoms. The van der Waals surface area contributed by atoms with Crippen molar-refractivity contribution in [3.63, 3.8) is 0 Å². The lowest BCUT2D eigenvalue weighted by molar-refractivity contribution is -0.146. The second-order valence-electron chi connectivity index (χ2n) is 5.64. The van der Waals surface area contributed by atoms with Crippen LogP contribution in [0.25, 0.3) is 0 Å². The first-order valence-electron chi connectivity index (χ1n) is 7.15. The molecule has 1 atom stereocenters. The first kappa shape index (κ1) is 14.5. The van der Waals surface area contributed by atoms with Gasteiger partial charge in [-0.3, -0.25) is 0 Å². The molecule has 1 N–H and O–H groups in total. The zero-order valence-corrected chi connectivity index (χ0v) is 11.7. The summed E-state index contributed by atoms with van der Waals surface area (Å²) >= 11 is 0. The van der Waals surface area contributed by atoms with E-state index in [1.165, 1.54) is 12.1 Å². The molecular weight excluding hydrogens is 243 g/mol. The monoisotopic (exact) mass is 266 g/mol. The average Bonchev–Trinajstić information content (AvgIpc) is 2.41. The zero-order chi connectivity index (χ0) is 13.9. The fourth-order valence-electron chi connectivity index (χ4n) is 3.02. The summed E-state index contributed by atoms with van der Waals surface area (Å²) in [6.45, 7) is 4.74. The van der Waals surface area contributed by atoms with Crippen molar-refractivity contribution in [2.75, 3.05) is 6.61 Å². The van der Waals surface area contributed by atoms with E-state index in [2.05, 4.69) is 6.92 Å². The van der Waals surface area contributed by atoms with Gasteiger partial charge in [0, 0.05) is 6.61 Å². The molecule has 1 aliphatic rings. The highest BCUT2D eigenvalue weighted by Crippen LogP contribution is 2.43. The molecule has 0 amide bonds.